The van der Waals surface area contributed by atoms with Gasteiger partial charge in [0.1, 0.15) is 0 Å². The van der Waals surface area contributed by atoms with E-state index in [2.05, 4.69) is 9.97 Å². The fraction of sp³-hybridized carbons (Fsp3) is 0.429. The maximum absolute atomic E-state index is 12.0. The lowest BCUT2D eigenvalue weighted by atomic mass is 10.2. The summed E-state index contributed by atoms with van der Waals surface area (Å²) in [6.45, 7) is 6.10. The molecule has 1 aromatic heterocycles. The Bertz CT molecular complexity index is 455. The molecule has 0 unspecified atom stereocenters. The third-order valence-corrected chi connectivity index (χ3v) is 2.38. The average molecular weight is 261 g/mol. The molecule has 5 heteroatoms. The second kappa shape index (κ2) is 7.41. The van der Waals surface area contributed by atoms with E-state index >= 15 is 0 Å². The van der Waals surface area contributed by atoms with Crippen LogP contribution in [0.2, 0.25) is 0 Å². The number of nitrogens with zero attached hydrogens (tertiary/aromatic N) is 3. The van der Waals surface area contributed by atoms with Gasteiger partial charge in [0.05, 0.1) is 0 Å². The van der Waals surface area contributed by atoms with Crippen LogP contribution in [-0.4, -0.2) is 33.2 Å². The predicted octanol–water partition coefficient (Wildman–Crippen LogP) is 1.91. The van der Waals surface area contributed by atoms with Crippen LogP contribution < -0.4 is 0 Å². The highest BCUT2D eigenvalue weighted by atomic mass is 16.2. The van der Waals surface area contributed by atoms with E-state index in [9.17, 15) is 9.59 Å². The standard InChI is InChI=1S/C14H19N3O2/c1-4-13(18)17(10-11(2)3)14(19)7-6-12-15-8-5-9-16-12/h5-9,11H,4,10H2,1-3H3/b7-6+. The van der Waals surface area contributed by atoms with Gasteiger partial charge in [-0.1, -0.05) is 20.8 Å². The van der Waals surface area contributed by atoms with Crippen LogP contribution in [0.4, 0.5) is 0 Å². The van der Waals surface area contributed by atoms with E-state index in [1.165, 1.54) is 17.1 Å². The molecule has 0 saturated carbocycles. The molecule has 1 heterocycles. The van der Waals surface area contributed by atoms with Gasteiger partial charge in [0.2, 0.25) is 5.91 Å². The highest BCUT2D eigenvalue weighted by molar-refractivity contribution is 6.02. The lowest BCUT2D eigenvalue weighted by Crippen LogP contribution is -2.38. The second-order valence-corrected chi connectivity index (χ2v) is 4.53. The van der Waals surface area contributed by atoms with E-state index in [1.807, 2.05) is 13.8 Å². The monoisotopic (exact) mass is 261 g/mol. The molecule has 0 aliphatic heterocycles. The number of hydrogen-bond acceptors (Lipinski definition) is 4. The maximum atomic E-state index is 12.0. The Morgan fingerprint density at radius 3 is 2.47 bits per heavy atom. The van der Waals surface area contributed by atoms with Crippen molar-refractivity contribution in [3.8, 4) is 0 Å². The SMILES string of the molecule is CCC(=O)N(CC(C)C)C(=O)/C=C/c1ncccn1. The van der Waals surface area contributed by atoms with Gasteiger partial charge in [-0.05, 0) is 18.1 Å². The third-order valence-electron chi connectivity index (χ3n) is 2.38. The summed E-state index contributed by atoms with van der Waals surface area (Å²) in [7, 11) is 0. The average Bonchev–Trinajstić information content (AvgIpc) is 2.42. The molecule has 1 rings (SSSR count). The van der Waals surface area contributed by atoms with Crippen molar-refractivity contribution >= 4 is 17.9 Å². The molecule has 0 bridgehead atoms. The largest absolute Gasteiger partial charge is 0.279 e. The van der Waals surface area contributed by atoms with Gasteiger partial charge in [0.15, 0.2) is 5.82 Å². The first-order valence-corrected chi connectivity index (χ1v) is 6.34. The topological polar surface area (TPSA) is 63.2 Å². The van der Waals surface area contributed by atoms with Gasteiger partial charge in [0.25, 0.3) is 5.91 Å². The molecule has 0 saturated heterocycles. The van der Waals surface area contributed by atoms with Gasteiger partial charge < -0.3 is 0 Å². The molecule has 0 aliphatic rings. The van der Waals surface area contributed by atoms with E-state index in [1.54, 1.807) is 25.4 Å². The summed E-state index contributed by atoms with van der Waals surface area (Å²) in [5.41, 5.74) is 0. The van der Waals surface area contributed by atoms with E-state index in [-0.39, 0.29) is 17.7 Å². The van der Waals surface area contributed by atoms with Crippen molar-refractivity contribution in [2.24, 2.45) is 5.92 Å². The molecule has 102 valence electrons. The summed E-state index contributed by atoms with van der Waals surface area (Å²) in [6, 6.07) is 1.70. The molecular weight excluding hydrogens is 242 g/mol. The predicted molar refractivity (Wildman–Crippen MR) is 72.9 cm³/mol. The first-order chi connectivity index (χ1) is 9.04. The van der Waals surface area contributed by atoms with Gasteiger partial charge in [-0.15, -0.1) is 0 Å². The van der Waals surface area contributed by atoms with Gasteiger partial charge in [-0.2, -0.15) is 0 Å². The quantitative estimate of drug-likeness (QED) is 0.759. The fourth-order valence-corrected chi connectivity index (χ4v) is 1.50. The minimum absolute atomic E-state index is 0.169. The zero-order chi connectivity index (χ0) is 14.3. The molecule has 0 radical (unpaired) electrons. The normalized spacial score (nSPS) is 10.9. The molecule has 0 atom stereocenters. The Labute approximate surface area is 113 Å². The highest BCUT2D eigenvalue weighted by Gasteiger charge is 2.18. The van der Waals surface area contributed by atoms with Crippen molar-refractivity contribution in [1.29, 1.82) is 0 Å². The Balaban J connectivity index is 2.77. The van der Waals surface area contributed by atoms with Crippen LogP contribution in [0.3, 0.4) is 0 Å². The van der Waals surface area contributed by atoms with Crippen molar-refractivity contribution in [2.75, 3.05) is 6.54 Å². The van der Waals surface area contributed by atoms with Crippen LogP contribution in [0.5, 0.6) is 0 Å². The molecule has 1 aromatic rings. The molecular formula is C14H19N3O2. The molecule has 0 aliphatic carbocycles. The summed E-state index contributed by atoms with van der Waals surface area (Å²) >= 11 is 0. The maximum Gasteiger partial charge on any atom is 0.253 e. The van der Waals surface area contributed by atoms with Gasteiger partial charge in [-0.25, -0.2) is 9.97 Å². The molecule has 0 spiro atoms. The Morgan fingerprint density at radius 1 is 1.32 bits per heavy atom. The van der Waals surface area contributed by atoms with E-state index in [0.717, 1.165) is 0 Å². The van der Waals surface area contributed by atoms with Crippen LogP contribution in [0.25, 0.3) is 6.08 Å². The minimum Gasteiger partial charge on any atom is -0.279 e. The lowest BCUT2D eigenvalue weighted by molar-refractivity contribution is -0.142. The summed E-state index contributed by atoms with van der Waals surface area (Å²) in [4.78, 5) is 33.0. The van der Waals surface area contributed by atoms with Crippen molar-refractivity contribution in [2.45, 2.75) is 27.2 Å². The van der Waals surface area contributed by atoms with Crippen LogP contribution in [-0.2, 0) is 9.59 Å². The first-order valence-electron chi connectivity index (χ1n) is 6.34. The smallest absolute Gasteiger partial charge is 0.253 e. The highest BCUT2D eigenvalue weighted by Crippen LogP contribution is 2.04. The number of amides is 2. The Hall–Kier alpha value is -2.04. The number of carbonyl (C=O) groups is 2. The number of hydrogen-bond donors (Lipinski definition) is 0. The first kappa shape index (κ1) is 15.0. The van der Waals surface area contributed by atoms with Crippen molar-refractivity contribution in [1.82, 2.24) is 14.9 Å². The van der Waals surface area contributed by atoms with E-state index in [0.29, 0.717) is 18.8 Å². The summed E-state index contributed by atoms with van der Waals surface area (Å²) in [6.07, 6.45) is 6.36. The summed E-state index contributed by atoms with van der Waals surface area (Å²) in [5.74, 6) is 0.190. The van der Waals surface area contributed by atoms with Crippen LogP contribution in [0, 0.1) is 5.92 Å². The number of carbonyl (C=O) groups excluding carboxylic acids is 2. The minimum atomic E-state index is -0.326. The zero-order valence-corrected chi connectivity index (χ0v) is 11.5. The number of imide groups is 1. The van der Waals surface area contributed by atoms with Crippen molar-refractivity contribution < 1.29 is 9.59 Å². The molecule has 2 amide bonds. The molecule has 19 heavy (non-hydrogen) atoms. The van der Waals surface area contributed by atoms with E-state index in [4.69, 9.17) is 0 Å². The molecule has 0 N–H and O–H groups in total. The van der Waals surface area contributed by atoms with Crippen LogP contribution in [0.15, 0.2) is 24.5 Å². The second-order valence-electron chi connectivity index (χ2n) is 4.53. The molecule has 5 nitrogen and oxygen atoms in total. The van der Waals surface area contributed by atoms with E-state index < -0.39 is 0 Å². The van der Waals surface area contributed by atoms with Crippen molar-refractivity contribution in [3.05, 3.63) is 30.4 Å². The van der Waals surface area contributed by atoms with Gasteiger partial charge >= 0.3 is 0 Å². The lowest BCUT2D eigenvalue weighted by Gasteiger charge is -2.20. The summed E-state index contributed by atoms with van der Waals surface area (Å²) in [5, 5.41) is 0. The molecule has 0 aromatic carbocycles. The third kappa shape index (κ3) is 4.99. The Kier molecular flexibility index (Phi) is 5.85. The van der Waals surface area contributed by atoms with Crippen LogP contribution >= 0.6 is 0 Å². The zero-order valence-electron chi connectivity index (χ0n) is 11.5. The molecule has 0 fully saturated rings. The van der Waals surface area contributed by atoms with Crippen molar-refractivity contribution in [3.63, 3.8) is 0 Å². The fourth-order valence-electron chi connectivity index (χ4n) is 1.50. The van der Waals surface area contributed by atoms with Gasteiger partial charge in [0, 0.05) is 31.4 Å². The van der Waals surface area contributed by atoms with Crippen LogP contribution in [0.1, 0.15) is 33.0 Å². The Morgan fingerprint density at radius 2 is 1.95 bits per heavy atom. The van der Waals surface area contributed by atoms with Gasteiger partial charge in [-0.3, -0.25) is 14.5 Å². The number of aromatic nitrogens is 2. The number of rotatable bonds is 5. The summed E-state index contributed by atoms with van der Waals surface area (Å²) < 4.78 is 0.